The zero-order chi connectivity index (χ0) is 23.8. The molecule has 176 valence electrons. The standard InChI is InChI=1S/C21H24ClFN6O4/c1-20(2,31)17(23)7-26-19(30)14-5-24-15(3-16(14)27-9-21(32)10-33-11-21)13-6-28-29-8-12(22)4-25-18(13)29/h3-6,8,17,31-32H,7,9-11H2,1-2H3,(H,24,27)(H,26,30). The highest BCUT2D eigenvalue weighted by Crippen LogP contribution is 2.28. The summed E-state index contributed by atoms with van der Waals surface area (Å²) in [7, 11) is 0. The number of nitrogens with zero attached hydrogens (tertiary/aromatic N) is 4. The first-order chi connectivity index (χ1) is 15.6. The van der Waals surface area contributed by atoms with Crippen molar-refractivity contribution in [3.63, 3.8) is 0 Å². The summed E-state index contributed by atoms with van der Waals surface area (Å²) in [5.74, 6) is -0.579. The molecule has 4 rings (SSSR count). The average Bonchev–Trinajstić information content (AvgIpc) is 3.16. The fourth-order valence-electron chi connectivity index (χ4n) is 3.19. The van der Waals surface area contributed by atoms with E-state index in [1.54, 1.807) is 18.5 Å². The van der Waals surface area contributed by atoms with Gasteiger partial charge in [0.1, 0.15) is 11.8 Å². The molecular weight excluding hydrogens is 455 g/mol. The van der Waals surface area contributed by atoms with Gasteiger partial charge in [-0.1, -0.05) is 11.6 Å². The third kappa shape index (κ3) is 5.06. The van der Waals surface area contributed by atoms with Crippen molar-refractivity contribution in [2.45, 2.75) is 31.2 Å². The SMILES string of the molecule is CC(C)(O)C(F)CNC(=O)c1cnc(-c2cnn3cc(Cl)cnc23)cc1NCC1(O)COC1. The number of carbonyl (C=O) groups excluding carboxylic acids is 1. The van der Waals surface area contributed by atoms with Crippen molar-refractivity contribution in [3.8, 4) is 11.3 Å². The van der Waals surface area contributed by atoms with E-state index >= 15 is 0 Å². The summed E-state index contributed by atoms with van der Waals surface area (Å²) in [4.78, 5) is 21.4. The zero-order valence-corrected chi connectivity index (χ0v) is 18.8. The van der Waals surface area contributed by atoms with Gasteiger partial charge in [-0.05, 0) is 19.9 Å². The second kappa shape index (κ2) is 8.82. The molecule has 1 unspecified atom stereocenters. The summed E-state index contributed by atoms with van der Waals surface area (Å²) < 4.78 is 20.7. The minimum Gasteiger partial charge on any atom is -0.387 e. The molecule has 1 amide bonds. The molecule has 0 spiro atoms. The van der Waals surface area contributed by atoms with Crippen LogP contribution in [0.2, 0.25) is 5.02 Å². The van der Waals surface area contributed by atoms with Crippen LogP contribution < -0.4 is 10.6 Å². The third-order valence-corrected chi connectivity index (χ3v) is 5.50. The highest BCUT2D eigenvalue weighted by molar-refractivity contribution is 6.30. The fraction of sp³-hybridized carbons (Fsp3) is 0.429. The van der Waals surface area contributed by atoms with Gasteiger partial charge < -0.3 is 25.6 Å². The first-order valence-electron chi connectivity index (χ1n) is 10.2. The number of hydrogen-bond acceptors (Lipinski definition) is 8. The molecule has 1 saturated heterocycles. The Bertz CT molecular complexity index is 1180. The van der Waals surface area contributed by atoms with Crippen LogP contribution >= 0.6 is 11.6 Å². The Morgan fingerprint density at radius 2 is 2.12 bits per heavy atom. The number of pyridine rings is 1. The molecule has 10 nitrogen and oxygen atoms in total. The lowest BCUT2D eigenvalue weighted by Crippen LogP contribution is -2.54. The van der Waals surface area contributed by atoms with E-state index in [-0.39, 0.29) is 31.9 Å². The quantitative estimate of drug-likeness (QED) is 0.382. The average molecular weight is 479 g/mol. The van der Waals surface area contributed by atoms with Crippen molar-refractivity contribution in [1.82, 2.24) is 24.9 Å². The van der Waals surface area contributed by atoms with Crippen LogP contribution in [0.3, 0.4) is 0 Å². The van der Waals surface area contributed by atoms with E-state index in [1.165, 1.54) is 30.8 Å². The first kappa shape index (κ1) is 23.3. The number of carbonyl (C=O) groups is 1. The zero-order valence-electron chi connectivity index (χ0n) is 18.0. The summed E-state index contributed by atoms with van der Waals surface area (Å²) in [6.45, 7) is 2.76. The predicted octanol–water partition coefficient (Wildman–Crippen LogP) is 1.46. The van der Waals surface area contributed by atoms with Crippen LogP contribution in [-0.2, 0) is 4.74 Å². The number of anilines is 1. The molecular formula is C21H24ClFN6O4. The van der Waals surface area contributed by atoms with Gasteiger partial charge in [0.05, 0.1) is 65.3 Å². The smallest absolute Gasteiger partial charge is 0.255 e. The molecule has 0 radical (unpaired) electrons. The number of hydrogen-bond donors (Lipinski definition) is 4. The second-order valence-corrected chi connectivity index (χ2v) is 9.05. The van der Waals surface area contributed by atoms with Crippen LogP contribution in [0.1, 0.15) is 24.2 Å². The van der Waals surface area contributed by atoms with E-state index in [4.69, 9.17) is 16.3 Å². The Morgan fingerprint density at radius 1 is 1.36 bits per heavy atom. The van der Waals surface area contributed by atoms with Crippen molar-refractivity contribution in [3.05, 3.63) is 41.4 Å². The predicted molar refractivity (Wildman–Crippen MR) is 119 cm³/mol. The molecule has 4 N–H and O–H groups in total. The summed E-state index contributed by atoms with van der Waals surface area (Å²) in [5.41, 5.74) is -0.503. The number of halogens is 2. The summed E-state index contributed by atoms with van der Waals surface area (Å²) in [6, 6.07) is 1.63. The normalized spacial score (nSPS) is 16.3. The molecule has 0 aliphatic carbocycles. The van der Waals surface area contributed by atoms with Gasteiger partial charge in [-0.2, -0.15) is 5.10 Å². The summed E-state index contributed by atoms with van der Waals surface area (Å²) in [5, 5.41) is 30.3. The molecule has 3 aromatic rings. The van der Waals surface area contributed by atoms with E-state index < -0.39 is 23.3 Å². The number of nitrogens with one attached hydrogen (secondary N) is 2. The molecule has 1 atom stereocenters. The van der Waals surface area contributed by atoms with Gasteiger partial charge in [0.25, 0.3) is 5.91 Å². The molecule has 1 fully saturated rings. The lowest BCUT2D eigenvalue weighted by Gasteiger charge is -2.36. The molecule has 33 heavy (non-hydrogen) atoms. The summed E-state index contributed by atoms with van der Waals surface area (Å²) in [6.07, 6.45) is 4.37. The Balaban J connectivity index is 1.63. The molecule has 0 aromatic carbocycles. The molecule has 0 bridgehead atoms. The molecule has 0 saturated carbocycles. The van der Waals surface area contributed by atoms with Crippen LogP contribution in [0.5, 0.6) is 0 Å². The lowest BCUT2D eigenvalue weighted by atomic mass is 10.0. The monoisotopic (exact) mass is 478 g/mol. The Labute approximate surface area is 193 Å². The minimum atomic E-state index is -1.66. The number of rotatable bonds is 8. The van der Waals surface area contributed by atoms with Gasteiger partial charge in [0.15, 0.2) is 5.65 Å². The van der Waals surface area contributed by atoms with Crippen molar-refractivity contribution in [2.75, 3.05) is 31.6 Å². The number of fused-ring (bicyclic) bond motifs is 1. The largest absolute Gasteiger partial charge is 0.387 e. The Kier molecular flexibility index (Phi) is 6.23. The number of ether oxygens (including phenoxy) is 1. The van der Waals surface area contributed by atoms with Gasteiger partial charge in [0.2, 0.25) is 0 Å². The minimum absolute atomic E-state index is 0.134. The van der Waals surface area contributed by atoms with E-state index in [9.17, 15) is 19.4 Å². The van der Waals surface area contributed by atoms with Gasteiger partial charge in [0, 0.05) is 18.9 Å². The summed E-state index contributed by atoms with van der Waals surface area (Å²) >= 11 is 5.97. The van der Waals surface area contributed by atoms with Crippen molar-refractivity contribution in [2.24, 2.45) is 0 Å². The second-order valence-electron chi connectivity index (χ2n) is 8.62. The number of aliphatic hydroxyl groups is 2. The van der Waals surface area contributed by atoms with E-state index in [0.29, 0.717) is 27.6 Å². The van der Waals surface area contributed by atoms with Gasteiger partial charge in [-0.3, -0.25) is 9.78 Å². The number of alkyl halides is 1. The fourth-order valence-corrected chi connectivity index (χ4v) is 3.33. The first-order valence-corrected chi connectivity index (χ1v) is 10.6. The van der Waals surface area contributed by atoms with E-state index in [2.05, 4.69) is 25.7 Å². The molecule has 4 heterocycles. The van der Waals surface area contributed by atoms with Crippen LogP contribution in [0.25, 0.3) is 16.9 Å². The van der Waals surface area contributed by atoms with Gasteiger partial charge in [-0.15, -0.1) is 0 Å². The highest BCUT2D eigenvalue weighted by atomic mass is 35.5. The third-order valence-electron chi connectivity index (χ3n) is 5.31. The lowest BCUT2D eigenvalue weighted by molar-refractivity contribution is -0.168. The molecule has 1 aliphatic rings. The maximum absolute atomic E-state index is 14.1. The molecule has 1 aliphatic heterocycles. The van der Waals surface area contributed by atoms with Crippen LogP contribution in [0.4, 0.5) is 10.1 Å². The Morgan fingerprint density at radius 3 is 2.79 bits per heavy atom. The Hall–Kier alpha value is -2.86. The van der Waals surface area contributed by atoms with E-state index in [0.717, 1.165) is 0 Å². The highest BCUT2D eigenvalue weighted by Gasteiger charge is 2.36. The maximum atomic E-state index is 14.1. The topological polar surface area (TPSA) is 134 Å². The van der Waals surface area contributed by atoms with Crippen LogP contribution in [0, 0.1) is 0 Å². The van der Waals surface area contributed by atoms with Crippen molar-refractivity contribution < 1.29 is 24.1 Å². The van der Waals surface area contributed by atoms with Crippen LogP contribution in [-0.4, -0.2) is 79.4 Å². The molecule has 3 aromatic heterocycles. The van der Waals surface area contributed by atoms with E-state index in [1.807, 2.05) is 0 Å². The molecule has 12 heteroatoms. The maximum Gasteiger partial charge on any atom is 0.255 e. The number of amides is 1. The van der Waals surface area contributed by atoms with Crippen LogP contribution in [0.15, 0.2) is 30.9 Å². The van der Waals surface area contributed by atoms with Crippen molar-refractivity contribution >= 4 is 28.8 Å². The van der Waals surface area contributed by atoms with Gasteiger partial charge >= 0.3 is 0 Å². The van der Waals surface area contributed by atoms with Gasteiger partial charge in [-0.25, -0.2) is 13.9 Å². The number of aromatic nitrogens is 4. The van der Waals surface area contributed by atoms with Crippen molar-refractivity contribution in [1.29, 1.82) is 0 Å².